The first-order chi connectivity index (χ1) is 9.30. The van der Waals surface area contributed by atoms with Crippen molar-refractivity contribution in [3.05, 3.63) is 11.9 Å². The Labute approximate surface area is 114 Å². The summed E-state index contributed by atoms with van der Waals surface area (Å²) in [6.45, 7) is 3.30. The van der Waals surface area contributed by atoms with Crippen LogP contribution in [-0.2, 0) is 6.42 Å². The molecule has 2 atom stereocenters. The van der Waals surface area contributed by atoms with Crippen molar-refractivity contribution in [2.45, 2.75) is 32.6 Å². The second-order valence-electron chi connectivity index (χ2n) is 5.17. The fraction of sp³-hybridized carbons (Fsp3) is 0.714. The quantitative estimate of drug-likeness (QED) is 0.732. The highest BCUT2D eigenvalue weighted by atomic mass is 16.3. The smallest absolute Gasteiger partial charge is 0.134 e. The van der Waals surface area contributed by atoms with Crippen molar-refractivity contribution >= 4 is 11.6 Å². The lowest BCUT2D eigenvalue weighted by Crippen LogP contribution is -2.22. The number of rotatable bonds is 6. The summed E-state index contributed by atoms with van der Waals surface area (Å²) in [5, 5.41) is 15.9. The van der Waals surface area contributed by atoms with Gasteiger partial charge in [0.15, 0.2) is 0 Å². The van der Waals surface area contributed by atoms with Crippen LogP contribution in [0.3, 0.4) is 0 Å². The van der Waals surface area contributed by atoms with Gasteiger partial charge in [0.2, 0.25) is 0 Å². The van der Waals surface area contributed by atoms with Crippen LogP contribution >= 0.6 is 0 Å². The van der Waals surface area contributed by atoms with E-state index in [0.717, 1.165) is 36.6 Å². The van der Waals surface area contributed by atoms with E-state index in [0.29, 0.717) is 18.4 Å². The highest BCUT2D eigenvalue weighted by Gasteiger charge is 2.26. The van der Waals surface area contributed by atoms with Crippen molar-refractivity contribution in [3.8, 4) is 0 Å². The molecule has 1 aromatic heterocycles. The number of aliphatic hydroxyl groups is 1. The third kappa shape index (κ3) is 3.15. The lowest BCUT2D eigenvalue weighted by molar-refractivity contribution is 0.199. The Morgan fingerprint density at radius 3 is 2.68 bits per heavy atom. The molecule has 0 aliphatic heterocycles. The molecule has 106 valence electrons. The van der Waals surface area contributed by atoms with Crippen LogP contribution in [0.2, 0.25) is 0 Å². The Balaban J connectivity index is 2.03. The molecule has 1 aliphatic rings. The molecule has 1 saturated carbocycles. The van der Waals surface area contributed by atoms with Crippen molar-refractivity contribution < 1.29 is 5.11 Å². The molecule has 19 heavy (non-hydrogen) atoms. The lowest BCUT2D eigenvalue weighted by atomic mass is 9.97. The molecule has 2 unspecified atom stereocenters. The summed E-state index contributed by atoms with van der Waals surface area (Å²) < 4.78 is 0. The van der Waals surface area contributed by atoms with E-state index in [1.165, 1.54) is 12.8 Å². The van der Waals surface area contributed by atoms with E-state index in [9.17, 15) is 5.11 Å². The van der Waals surface area contributed by atoms with E-state index in [1.807, 2.05) is 7.05 Å². The van der Waals surface area contributed by atoms with E-state index in [-0.39, 0.29) is 0 Å². The van der Waals surface area contributed by atoms with Crippen molar-refractivity contribution in [1.82, 2.24) is 9.97 Å². The zero-order chi connectivity index (χ0) is 13.7. The first-order valence-electron chi connectivity index (χ1n) is 7.16. The normalized spacial score (nSPS) is 22.5. The third-order valence-corrected chi connectivity index (χ3v) is 4.12. The number of nitrogens with one attached hydrogen (secondary N) is 2. The molecule has 0 bridgehead atoms. The molecule has 5 nitrogen and oxygen atoms in total. The molecule has 0 aromatic carbocycles. The molecule has 0 radical (unpaired) electrons. The first-order valence-corrected chi connectivity index (χ1v) is 7.16. The van der Waals surface area contributed by atoms with Crippen molar-refractivity contribution in [2.24, 2.45) is 11.8 Å². The van der Waals surface area contributed by atoms with Gasteiger partial charge in [0.05, 0.1) is 0 Å². The lowest BCUT2D eigenvalue weighted by Gasteiger charge is -2.19. The fourth-order valence-corrected chi connectivity index (χ4v) is 2.97. The Morgan fingerprint density at radius 2 is 2.00 bits per heavy atom. The molecule has 0 amide bonds. The van der Waals surface area contributed by atoms with Gasteiger partial charge in [-0.3, -0.25) is 0 Å². The molecule has 0 spiro atoms. The van der Waals surface area contributed by atoms with Crippen molar-refractivity contribution in [2.75, 3.05) is 30.8 Å². The van der Waals surface area contributed by atoms with Gasteiger partial charge in [-0.2, -0.15) is 0 Å². The monoisotopic (exact) mass is 264 g/mol. The predicted molar refractivity (Wildman–Crippen MR) is 77.4 cm³/mol. The number of hydrogen-bond donors (Lipinski definition) is 3. The Bertz CT molecular complexity index is 410. The van der Waals surface area contributed by atoms with Crippen LogP contribution < -0.4 is 10.6 Å². The number of anilines is 2. The Hall–Kier alpha value is -1.36. The van der Waals surface area contributed by atoms with Crippen LogP contribution in [0, 0.1) is 11.8 Å². The first kappa shape index (κ1) is 14.1. The van der Waals surface area contributed by atoms with E-state index in [1.54, 1.807) is 6.33 Å². The van der Waals surface area contributed by atoms with Crippen LogP contribution in [0.25, 0.3) is 0 Å². The highest BCUT2D eigenvalue weighted by Crippen LogP contribution is 2.31. The zero-order valence-electron chi connectivity index (χ0n) is 11.8. The zero-order valence-corrected chi connectivity index (χ0v) is 11.8. The minimum absolute atomic E-state index is 0.304. The maximum Gasteiger partial charge on any atom is 0.134 e. The Morgan fingerprint density at radius 1 is 1.26 bits per heavy atom. The van der Waals surface area contributed by atoms with E-state index in [4.69, 9.17) is 0 Å². The van der Waals surface area contributed by atoms with Crippen LogP contribution in [0.15, 0.2) is 6.33 Å². The molecule has 3 N–H and O–H groups in total. The van der Waals surface area contributed by atoms with Gasteiger partial charge in [0.1, 0.15) is 18.0 Å². The average Bonchev–Trinajstić information content (AvgIpc) is 2.91. The van der Waals surface area contributed by atoms with Crippen LogP contribution in [0.5, 0.6) is 0 Å². The Kier molecular flexibility index (Phi) is 4.96. The molecule has 0 saturated heterocycles. The molecular weight excluding hydrogens is 240 g/mol. The van der Waals surface area contributed by atoms with Crippen molar-refractivity contribution in [1.29, 1.82) is 0 Å². The second-order valence-corrected chi connectivity index (χ2v) is 5.17. The summed E-state index contributed by atoms with van der Waals surface area (Å²) in [6.07, 6.45) is 6.06. The second kappa shape index (κ2) is 6.70. The summed E-state index contributed by atoms with van der Waals surface area (Å²) in [5.41, 5.74) is 1.13. The SMILES string of the molecule is CCc1c(NC)ncnc1NCC1CCCC1CO. The fourth-order valence-electron chi connectivity index (χ4n) is 2.97. The van der Waals surface area contributed by atoms with E-state index >= 15 is 0 Å². The molecule has 1 heterocycles. The third-order valence-electron chi connectivity index (χ3n) is 4.12. The maximum atomic E-state index is 9.35. The highest BCUT2D eigenvalue weighted by molar-refractivity contribution is 5.57. The summed E-state index contributed by atoms with van der Waals surface area (Å²) in [6, 6.07) is 0. The van der Waals surface area contributed by atoms with Gasteiger partial charge < -0.3 is 15.7 Å². The maximum absolute atomic E-state index is 9.35. The molecule has 5 heteroatoms. The molecule has 1 aliphatic carbocycles. The molecular formula is C14H24N4O. The summed E-state index contributed by atoms with van der Waals surface area (Å²) >= 11 is 0. The predicted octanol–water partition coefficient (Wildman–Crippen LogP) is 1.90. The molecule has 1 fully saturated rings. The van der Waals surface area contributed by atoms with Gasteiger partial charge in [0.25, 0.3) is 0 Å². The number of aliphatic hydroxyl groups excluding tert-OH is 1. The number of hydrogen-bond acceptors (Lipinski definition) is 5. The van der Waals surface area contributed by atoms with Gasteiger partial charge in [-0.25, -0.2) is 9.97 Å². The topological polar surface area (TPSA) is 70.1 Å². The van der Waals surface area contributed by atoms with E-state index < -0.39 is 0 Å². The van der Waals surface area contributed by atoms with E-state index in [2.05, 4.69) is 27.5 Å². The van der Waals surface area contributed by atoms with Gasteiger partial charge >= 0.3 is 0 Å². The largest absolute Gasteiger partial charge is 0.396 e. The standard InChI is InChI=1S/C14H24N4O/c1-3-12-13(15-2)17-9-18-14(12)16-7-10-5-4-6-11(10)8-19/h9-11,19H,3-8H2,1-2H3,(H2,15,16,17,18). The van der Waals surface area contributed by atoms with Crippen LogP contribution in [0.1, 0.15) is 31.7 Å². The number of nitrogens with zero attached hydrogens (tertiary/aromatic N) is 2. The molecule has 1 aromatic rings. The van der Waals surface area contributed by atoms with Gasteiger partial charge in [-0.05, 0) is 31.1 Å². The number of aromatic nitrogens is 2. The van der Waals surface area contributed by atoms with Crippen LogP contribution in [-0.4, -0.2) is 35.3 Å². The van der Waals surface area contributed by atoms with Gasteiger partial charge in [0, 0.05) is 25.8 Å². The minimum Gasteiger partial charge on any atom is -0.396 e. The van der Waals surface area contributed by atoms with Gasteiger partial charge in [-0.1, -0.05) is 13.3 Å². The van der Waals surface area contributed by atoms with Crippen molar-refractivity contribution in [3.63, 3.8) is 0 Å². The summed E-state index contributed by atoms with van der Waals surface area (Å²) in [5.74, 6) is 2.82. The summed E-state index contributed by atoms with van der Waals surface area (Å²) in [4.78, 5) is 8.58. The average molecular weight is 264 g/mol. The van der Waals surface area contributed by atoms with Gasteiger partial charge in [-0.15, -0.1) is 0 Å². The minimum atomic E-state index is 0.304. The van der Waals surface area contributed by atoms with Crippen LogP contribution in [0.4, 0.5) is 11.6 Å². The molecule has 2 rings (SSSR count). The summed E-state index contributed by atoms with van der Waals surface area (Å²) in [7, 11) is 1.88.